The van der Waals surface area contributed by atoms with Crippen molar-refractivity contribution >= 4 is 11.5 Å². The Morgan fingerprint density at radius 1 is 1.26 bits per heavy atom. The van der Waals surface area contributed by atoms with Gasteiger partial charge in [-0.1, -0.05) is 17.8 Å². The number of benzene rings is 1. The molecule has 0 aliphatic rings. The van der Waals surface area contributed by atoms with E-state index in [1.54, 1.807) is 7.05 Å². The Morgan fingerprint density at radius 2 is 1.95 bits per heavy atom. The third kappa shape index (κ3) is 3.13. The first-order chi connectivity index (χ1) is 9.15. The van der Waals surface area contributed by atoms with Crippen LogP contribution in [-0.4, -0.2) is 16.6 Å². The fourth-order valence-corrected chi connectivity index (χ4v) is 2.87. The maximum Gasteiger partial charge on any atom is 0.126 e. The van der Waals surface area contributed by atoms with E-state index in [2.05, 4.69) is 21.8 Å². The molecule has 0 fully saturated rings. The lowest BCUT2D eigenvalue weighted by Crippen LogP contribution is -2.18. The minimum absolute atomic E-state index is 0.285. The first-order valence-electron chi connectivity index (χ1n) is 6.10. The Morgan fingerprint density at radius 3 is 2.53 bits per heavy atom. The van der Waals surface area contributed by atoms with Gasteiger partial charge < -0.3 is 5.32 Å². The van der Waals surface area contributed by atoms with Crippen molar-refractivity contribution in [2.75, 3.05) is 7.05 Å². The predicted molar refractivity (Wildman–Crippen MR) is 71.2 cm³/mol. The molecule has 1 heterocycles. The van der Waals surface area contributed by atoms with E-state index >= 15 is 0 Å². The minimum Gasteiger partial charge on any atom is -0.309 e. The lowest BCUT2D eigenvalue weighted by molar-refractivity contribution is 0.572. The summed E-state index contributed by atoms with van der Waals surface area (Å²) in [6.07, 6.45) is 1.76. The van der Waals surface area contributed by atoms with Crippen molar-refractivity contribution in [1.82, 2.24) is 14.9 Å². The van der Waals surface area contributed by atoms with Crippen molar-refractivity contribution in [3.05, 3.63) is 46.0 Å². The number of hydrogen-bond donors (Lipinski definition) is 1. The van der Waals surface area contributed by atoms with Crippen LogP contribution in [0.15, 0.2) is 18.2 Å². The molecule has 1 unspecified atom stereocenters. The molecular weight excluding hydrogens is 268 g/mol. The van der Waals surface area contributed by atoms with Gasteiger partial charge in [0.05, 0.1) is 16.6 Å². The van der Waals surface area contributed by atoms with E-state index in [0.29, 0.717) is 5.56 Å². The molecule has 1 aromatic carbocycles. The number of nitrogens with zero attached hydrogens (tertiary/aromatic N) is 2. The van der Waals surface area contributed by atoms with Crippen LogP contribution >= 0.6 is 11.5 Å². The number of rotatable bonds is 5. The summed E-state index contributed by atoms with van der Waals surface area (Å²) in [4.78, 5) is 0.911. The number of aromatic nitrogens is 2. The zero-order valence-electron chi connectivity index (χ0n) is 10.8. The van der Waals surface area contributed by atoms with E-state index in [-0.39, 0.29) is 6.04 Å². The predicted octanol–water partition coefficient (Wildman–Crippen LogP) is 3.08. The largest absolute Gasteiger partial charge is 0.309 e. The zero-order valence-corrected chi connectivity index (χ0v) is 11.6. The molecule has 0 radical (unpaired) electrons. The van der Waals surface area contributed by atoms with Gasteiger partial charge in [0.1, 0.15) is 11.6 Å². The Hall–Kier alpha value is -1.40. The molecule has 0 spiro atoms. The maximum atomic E-state index is 13.3. The Kier molecular flexibility index (Phi) is 4.55. The van der Waals surface area contributed by atoms with Gasteiger partial charge in [-0.2, -0.15) is 0 Å². The van der Waals surface area contributed by atoms with Crippen LogP contribution in [-0.2, 0) is 6.42 Å². The summed E-state index contributed by atoms with van der Waals surface area (Å²) in [5.41, 5.74) is 1.43. The lowest BCUT2D eigenvalue weighted by Gasteiger charge is -2.16. The van der Waals surface area contributed by atoms with Gasteiger partial charge in [0.15, 0.2) is 0 Å². The van der Waals surface area contributed by atoms with E-state index in [1.165, 1.54) is 23.7 Å². The third-order valence-electron chi connectivity index (χ3n) is 2.84. The van der Waals surface area contributed by atoms with Gasteiger partial charge in [-0.3, -0.25) is 0 Å². The highest BCUT2D eigenvalue weighted by Gasteiger charge is 2.20. The number of nitrogens with one attached hydrogen (secondary N) is 1. The molecule has 19 heavy (non-hydrogen) atoms. The van der Waals surface area contributed by atoms with E-state index < -0.39 is 11.6 Å². The smallest absolute Gasteiger partial charge is 0.126 e. The molecule has 0 aliphatic carbocycles. The molecule has 1 aromatic heterocycles. The first-order valence-corrected chi connectivity index (χ1v) is 6.87. The second-order valence-corrected chi connectivity index (χ2v) is 5.04. The van der Waals surface area contributed by atoms with Crippen molar-refractivity contribution in [3.8, 4) is 0 Å². The van der Waals surface area contributed by atoms with Gasteiger partial charge in [-0.25, -0.2) is 8.78 Å². The van der Waals surface area contributed by atoms with Crippen LogP contribution in [0.1, 0.15) is 35.5 Å². The van der Waals surface area contributed by atoms with Gasteiger partial charge >= 0.3 is 0 Å². The maximum absolute atomic E-state index is 13.3. The standard InChI is InChI=1S/C13H15F2N3S/c1-3-4-11-13(19-18-17-11)12(16-2)8-5-9(14)7-10(15)6-8/h5-7,12,16H,3-4H2,1-2H3. The summed E-state index contributed by atoms with van der Waals surface area (Å²) in [7, 11) is 1.75. The quantitative estimate of drug-likeness (QED) is 0.916. The van der Waals surface area contributed by atoms with Crippen LogP contribution in [0.4, 0.5) is 8.78 Å². The number of halogens is 2. The van der Waals surface area contributed by atoms with Crippen molar-refractivity contribution in [3.63, 3.8) is 0 Å². The van der Waals surface area contributed by atoms with Gasteiger partial charge in [0, 0.05) is 6.07 Å². The Bertz CT molecular complexity index is 536. The monoisotopic (exact) mass is 283 g/mol. The highest BCUT2D eigenvalue weighted by atomic mass is 32.1. The minimum atomic E-state index is -0.579. The summed E-state index contributed by atoms with van der Waals surface area (Å²) < 4.78 is 30.6. The molecule has 0 amide bonds. The molecule has 1 N–H and O–H groups in total. The zero-order chi connectivity index (χ0) is 13.8. The molecule has 0 aliphatic heterocycles. The summed E-state index contributed by atoms with van der Waals surface area (Å²) in [5.74, 6) is -1.16. The average molecular weight is 283 g/mol. The topological polar surface area (TPSA) is 37.8 Å². The van der Waals surface area contributed by atoms with Crippen LogP contribution < -0.4 is 5.32 Å². The Labute approximate surface area is 114 Å². The van der Waals surface area contributed by atoms with Crippen LogP contribution in [0.3, 0.4) is 0 Å². The van der Waals surface area contributed by atoms with Gasteiger partial charge in [-0.15, -0.1) is 5.10 Å². The highest BCUT2D eigenvalue weighted by Crippen LogP contribution is 2.28. The molecule has 0 bridgehead atoms. The number of hydrogen-bond acceptors (Lipinski definition) is 4. The summed E-state index contributed by atoms with van der Waals surface area (Å²) in [6, 6.07) is 3.25. The van der Waals surface area contributed by atoms with E-state index in [4.69, 9.17) is 0 Å². The van der Waals surface area contributed by atoms with Crippen molar-refractivity contribution in [2.45, 2.75) is 25.8 Å². The summed E-state index contributed by atoms with van der Waals surface area (Å²) >= 11 is 1.26. The molecular formula is C13H15F2N3S. The molecule has 3 nitrogen and oxygen atoms in total. The van der Waals surface area contributed by atoms with Crippen molar-refractivity contribution < 1.29 is 8.78 Å². The van der Waals surface area contributed by atoms with Gasteiger partial charge in [-0.05, 0) is 42.7 Å². The van der Waals surface area contributed by atoms with Crippen LogP contribution in [0, 0.1) is 11.6 Å². The first kappa shape index (κ1) is 14.0. The lowest BCUT2D eigenvalue weighted by atomic mass is 10.0. The van der Waals surface area contributed by atoms with E-state index in [0.717, 1.165) is 29.5 Å². The summed E-state index contributed by atoms with van der Waals surface area (Å²) in [6.45, 7) is 2.05. The van der Waals surface area contributed by atoms with Crippen LogP contribution in [0.25, 0.3) is 0 Å². The fourth-order valence-electron chi connectivity index (χ4n) is 2.04. The normalized spacial score (nSPS) is 12.6. The molecule has 6 heteroatoms. The molecule has 2 rings (SSSR count). The molecule has 0 saturated heterocycles. The van der Waals surface area contributed by atoms with Crippen molar-refractivity contribution in [1.29, 1.82) is 0 Å². The van der Waals surface area contributed by atoms with Crippen molar-refractivity contribution in [2.24, 2.45) is 0 Å². The summed E-state index contributed by atoms with van der Waals surface area (Å²) in [5, 5.41) is 7.16. The Balaban J connectivity index is 2.40. The highest BCUT2D eigenvalue weighted by molar-refractivity contribution is 7.05. The second-order valence-electron chi connectivity index (χ2n) is 4.26. The SMILES string of the molecule is CCCc1nnsc1C(NC)c1cc(F)cc(F)c1. The molecule has 102 valence electrons. The number of aryl methyl sites for hydroxylation is 1. The average Bonchev–Trinajstić information content (AvgIpc) is 2.78. The van der Waals surface area contributed by atoms with E-state index in [1.807, 2.05) is 0 Å². The van der Waals surface area contributed by atoms with Gasteiger partial charge in [0.2, 0.25) is 0 Å². The second kappa shape index (κ2) is 6.16. The molecule has 0 saturated carbocycles. The van der Waals surface area contributed by atoms with Crippen LogP contribution in [0.2, 0.25) is 0 Å². The third-order valence-corrected chi connectivity index (χ3v) is 3.67. The van der Waals surface area contributed by atoms with Crippen LogP contribution in [0.5, 0.6) is 0 Å². The van der Waals surface area contributed by atoms with Gasteiger partial charge in [0.25, 0.3) is 0 Å². The van der Waals surface area contributed by atoms with E-state index in [9.17, 15) is 8.78 Å². The molecule has 1 atom stereocenters. The molecule has 2 aromatic rings. The fraction of sp³-hybridized carbons (Fsp3) is 0.385.